The molecule has 2 aromatic rings. The van der Waals surface area contributed by atoms with Gasteiger partial charge in [-0.1, -0.05) is 29.8 Å². The number of pyridine rings is 1. The number of amides is 2. The van der Waals surface area contributed by atoms with Crippen LogP contribution in [0.15, 0.2) is 35.1 Å². The highest BCUT2D eigenvalue weighted by atomic mass is 35.5. The second-order valence-corrected chi connectivity index (χ2v) is 9.93. The molecule has 0 radical (unpaired) electrons. The predicted octanol–water partition coefficient (Wildman–Crippen LogP) is 3.54. The highest BCUT2D eigenvalue weighted by molar-refractivity contribution is 6.32. The highest BCUT2D eigenvalue weighted by Gasteiger charge is 2.32. The van der Waals surface area contributed by atoms with Gasteiger partial charge >= 0.3 is 0 Å². The molecule has 0 aliphatic carbocycles. The summed E-state index contributed by atoms with van der Waals surface area (Å²) in [6, 6.07) is 10.0. The molecule has 2 unspecified atom stereocenters. The SMILES string of the molecule is COCC1CCc2ccc(N3CCC(c4cccc(C5CCC(=O)NC5=O)c4Cl)CC3)c(=O)n21. The van der Waals surface area contributed by atoms with Crippen LogP contribution in [0.5, 0.6) is 0 Å². The minimum Gasteiger partial charge on any atom is -0.383 e. The lowest BCUT2D eigenvalue weighted by atomic mass is 9.84. The smallest absolute Gasteiger partial charge is 0.274 e. The minimum absolute atomic E-state index is 0.0772. The molecule has 2 amide bonds. The summed E-state index contributed by atoms with van der Waals surface area (Å²) in [4.78, 5) is 39.4. The second kappa shape index (κ2) is 9.55. The number of benzene rings is 1. The number of aromatic nitrogens is 1. The molecule has 5 rings (SSSR count). The van der Waals surface area contributed by atoms with E-state index in [9.17, 15) is 14.4 Å². The van der Waals surface area contributed by atoms with Crippen LogP contribution < -0.4 is 15.8 Å². The van der Waals surface area contributed by atoms with Gasteiger partial charge in [0.25, 0.3) is 5.56 Å². The Hall–Kier alpha value is -2.64. The second-order valence-electron chi connectivity index (χ2n) is 9.55. The van der Waals surface area contributed by atoms with E-state index >= 15 is 0 Å². The third-order valence-electron chi connectivity index (χ3n) is 7.59. The number of halogens is 1. The number of nitrogens with one attached hydrogen (secondary N) is 1. The lowest BCUT2D eigenvalue weighted by molar-refractivity contribution is -0.134. The molecule has 0 saturated carbocycles. The number of carbonyl (C=O) groups excluding carboxylic acids is 2. The van der Waals surface area contributed by atoms with Crippen LogP contribution in [-0.4, -0.2) is 43.2 Å². The molecular weight excluding hydrogens is 454 g/mol. The van der Waals surface area contributed by atoms with Gasteiger partial charge in [-0.15, -0.1) is 0 Å². The fourth-order valence-corrected chi connectivity index (χ4v) is 6.21. The lowest BCUT2D eigenvalue weighted by Gasteiger charge is -2.34. The van der Waals surface area contributed by atoms with Gasteiger partial charge in [0.15, 0.2) is 0 Å². The van der Waals surface area contributed by atoms with Crippen LogP contribution in [0.2, 0.25) is 5.02 Å². The maximum absolute atomic E-state index is 13.3. The first-order chi connectivity index (χ1) is 16.5. The zero-order valence-corrected chi connectivity index (χ0v) is 20.1. The van der Waals surface area contributed by atoms with Gasteiger partial charge in [-0.3, -0.25) is 19.7 Å². The Labute approximate surface area is 204 Å². The lowest BCUT2D eigenvalue weighted by Crippen LogP contribution is -2.40. The fourth-order valence-electron chi connectivity index (χ4n) is 5.79. The molecule has 8 heteroatoms. The van der Waals surface area contributed by atoms with Crippen LogP contribution in [0.25, 0.3) is 0 Å². The summed E-state index contributed by atoms with van der Waals surface area (Å²) in [6.45, 7) is 2.10. The Kier molecular flexibility index (Phi) is 6.49. The molecule has 1 aromatic carbocycles. The number of anilines is 1. The number of rotatable bonds is 5. The van der Waals surface area contributed by atoms with Crippen LogP contribution in [0.3, 0.4) is 0 Å². The number of imide groups is 1. The summed E-state index contributed by atoms with van der Waals surface area (Å²) in [5.74, 6) is -0.627. The van der Waals surface area contributed by atoms with E-state index in [2.05, 4.69) is 16.3 Å². The van der Waals surface area contributed by atoms with Crippen LogP contribution in [0, 0.1) is 0 Å². The van der Waals surface area contributed by atoms with Crippen molar-refractivity contribution in [2.24, 2.45) is 0 Å². The number of methoxy groups -OCH3 is 1. The number of ether oxygens (including phenoxy) is 1. The molecule has 2 atom stereocenters. The topological polar surface area (TPSA) is 80.6 Å². The van der Waals surface area contributed by atoms with Gasteiger partial charge < -0.3 is 14.2 Å². The predicted molar refractivity (Wildman–Crippen MR) is 131 cm³/mol. The molecule has 7 nitrogen and oxygen atoms in total. The van der Waals surface area contributed by atoms with E-state index in [1.165, 1.54) is 0 Å². The van der Waals surface area contributed by atoms with Crippen LogP contribution in [-0.2, 0) is 20.7 Å². The van der Waals surface area contributed by atoms with Crippen molar-refractivity contribution in [2.75, 3.05) is 31.7 Å². The van der Waals surface area contributed by atoms with E-state index in [1.807, 2.05) is 28.8 Å². The highest BCUT2D eigenvalue weighted by Crippen LogP contribution is 2.39. The summed E-state index contributed by atoms with van der Waals surface area (Å²) < 4.78 is 7.26. The monoisotopic (exact) mass is 483 g/mol. The standard InChI is InChI=1S/C26H30ClN3O4/c1-34-15-18-6-5-17-7-9-22(26(33)30(17)18)29-13-11-16(12-14-29)19-3-2-4-20(24(19)27)21-8-10-23(31)28-25(21)32/h2-4,7,9,16,18,21H,5-6,8,10-15H2,1H3,(H,28,31,32). The van der Waals surface area contributed by atoms with E-state index in [-0.39, 0.29) is 29.3 Å². The molecule has 1 aromatic heterocycles. The number of fused-ring (bicyclic) bond motifs is 1. The van der Waals surface area contributed by atoms with Gasteiger partial charge in [0.1, 0.15) is 5.69 Å². The minimum atomic E-state index is -0.392. The number of nitrogens with zero attached hydrogens (tertiary/aromatic N) is 2. The van der Waals surface area contributed by atoms with E-state index in [1.54, 1.807) is 7.11 Å². The zero-order valence-electron chi connectivity index (χ0n) is 19.4. The Bertz CT molecular complexity index is 1170. The van der Waals surface area contributed by atoms with Crippen LogP contribution in [0.1, 0.15) is 66.8 Å². The third kappa shape index (κ3) is 4.16. The Balaban J connectivity index is 1.32. The first-order valence-electron chi connectivity index (χ1n) is 12.1. The van der Waals surface area contributed by atoms with E-state index in [0.717, 1.165) is 61.3 Å². The molecule has 2 fully saturated rings. The summed E-state index contributed by atoms with van der Waals surface area (Å²) in [6.07, 6.45) is 4.42. The van der Waals surface area contributed by atoms with Crippen molar-refractivity contribution in [3.63, 3.8) is 0 Å². The maximum Gasteiger partial charge on any atom is 0.274 e. The molecule has 0 bridgehead atoms. The molecule has 4 heterocycles. The molecule has 1 N–H and O–H groups in total. The maximum atomic E-state index is 13.3. The first-order valence-corrected chi connectivity index (χ1v) is 12.5. The fraction of sp³-hybridized carbons (Fsp3) is 0.500. The normalized spacial score (nSPS) is 23.2. The largest absolute Gasteiger partial charge is 0.383 e. The van der Waals surface area contributed by atoms with E-state index in [0.29, 0.717) is 24.5 Å². The zero-order chi connectivity index (χ0) is 23.8. The Morgan fingerprint density at radius 2 is 1.76 bits per heavy atom. The van der Waals surface area contributed by atoms with Crippen LogP contribution >= 0.6 is 11.6 Å². The van der Waals surface area contributed by atoms with Crippen molar-refractivity contribution in [2.45, 2.75) is 56.4 Å². The molecular formula is C26H30ClN3O4. The Morgan fingerprint density at radius 1 is 1.00 bits per heavy atom. The number of aryl methyl sites for hydroxylation is 1. The molecule has 0 spiro atoms. The number of hydrogen-bond donors (Lipinski definition) is 1. The third-order valence-corrected chi connectivity index (χ3v) is 8.02. The van der Waals surface area contributed by atoms with Crippen molar-refractivity contribution < 1.29 is 14.3 Å². The average Bonchev–Trinajstić information content (AvgIpc) is 3.24. The van der Waals surface area contributed by atoms with Gasteiger partial charge in [-0.25, -0.2) is 0 Å². The van der Waals surface area contributed by atoms with E-state index < -0.39 is 5.92 Å². The van der Waals surface area contributed by atoms with Crippen molar-refractivity contribution in [1.29, 1.82) is 0 Å². The first kappa shape index (κ1) is 23.1. The van der Waals surface area contributed by atoms with Crippen molar-refractivity contribution in [3.8, 4) is 0 Å². The van der Waals surface area contributed by atoms with E-state index in [4.69, 9.17) is 16.3 Å². The molecule has 180 valence electrons. The van der Waals surface area contributed by atoms with Crippen molar-refractivity contribution in [1.82, 2.24) is 9.88 Å². The van der Waals surface area contributed by atoms with Crippen molar-refractivity contribution in [3.05, 3.63) is 62.5 Å². The molecule has 3 aliphatic rings. The average molecular weight is 484 g/mol. The summed E-state index contributed by atoms with van der Waals surface area (Å²) in [5.41, 5.74) is 3.77. The van der Waals surface area contributed by atoms with Crippen molar-refractivity contribution >= 4 is 29.1 Å². The number of carbonyl (C=O) groups is 2. The quantitative estimate of drug-likeness (QED) is 0.658. The van der Waals surface area contributed by atoms with Gasteiger partial charge in [0.2, 0.25) is 11.8 Å². The number of hydrogen-bond acceptors (Lipinski definition) is 5. The summed E-state index contributed by atoms with van der Waals surface area (Å²) in [7, 11) is 1.68. The van der Waals surface area contributed by atoms with Gasteiger partial charge in [-0.2, -0.15) is 0 Å². The Morgan fingerprint density at radius 3 is 2.50 bits per heavy atom. The number of piperidine rings is 2. The summed E-state index contributed by atoms with van der Waals surface area (Å²) in [5, 5.41) is 3.06. The van der Waals surface area contributed by atoms with Gasteiger partial charge in [0.05, 0.1) is 18.6 Å². The van der Waals surface area contributed by atoms with Gasteiger partial charge in [0, 0.05) is 37.3 Å². The summed E-state index contributed by atoms with van der Waals surface area (Å²) >= 11 is 6.82. The molecule has 2 saturated heterocycles. The molecule has 3 aliphatic heterocycles. The van der Waals surface area contributed by atoms with Crippen LogP contribution in [0.4, 0.5) is 5.69 Å². The van der Waals surface area contributed by atoms with Gasteiger partial charge in [-0.05, 0) is 61.3 Å². The molecule has 34 heavy (non-hydrogen) atoms.